The molecule has 0 amide bonds. The Hall–Kier alpha value is -1.93. The van der Waals surface area contributed by atoms with Gasteiger partial charge in [0, 0.05) is 5.56 Å². The maximum Gasteiger partial charge on any atom is 0.131 e. The van der Waals surface area contributed by atoms with Crippen molar-refractivity contribution in [1.29, 1.82) is 0 Å². The maximum atomic E-state index is 13.7. The number of hydrogen-bond donors (Lipinski definition) is 1. The summed E-state index contributed by atoms with van der Waals surface area (Å²) in [7, 11) is 0. The number of fused-ring (bicyclic) bond motifs is 1. The molecule has 0 heterocycles. The van der Waals surface area contributed by atoms with Crippen molar-refractivity contribution in [1.82, 2.24) is 0 Å². The lowest BCUT2D eigenvalue weighted by Crippen LogP contribution is -2.02. The molecule has 0 saturated heterocycles. The molecule has 0 aromatic heterocycles. The second-order valence-corrected chi connectivity index (χ2v) is 4.48. The van der Waals surface area contributed by atoms with Gasteiger partial charge in [-0.05, 0) is 35.2 Å². The highest BCUT2D eigenvalue weighted by Crippen LogP contribution is 2.32. The van der Waals surface area contributed by atoms with E-state index in [4.69, 9.17) is 0 Å². The van der Waals surface area contributed by atoms with Gasteiger partial charge >= 0.3 is 0 Å². The number of benzene rings is 2. The fourth-order valence-corrected chi connectivity index (χ4v) is 2.33. The number of hydrogen-bond acceptors (Lipinski definition) is 1. The van der Waals surface area contributed by atoms with Gasteiger partial charge in [-0.25, -0.2) is 4.39 Å². The van der Waals surface area contributed by atoms with Crippen LogP contribution in [-0.4, -0.2) is 5.11 Å². The average molecular weight is 240 g/mol. The Morgan fingerprint density at radius 1 is 1.11 bits per heavy atom. The van der Waals surface area contributed by atoms with Crippen LogP contribution in [0.1, 0.15) is 23.7 Å². The van der Waals surface area contributed by atoms with Crippen LogP contribution in [0.5, 0.6) is 0 Å². The quantitative estimate of drug-likeness (QED) is 0.800. The molecule has 0 radical (unpaired) electrons. The van der Waals surface area contributed by atoms with Crippen molar-refractivity contribution in [3.63, 3.8) is 0 Å². The minimum absolute atomic E-state index is 0.238. The molecular weight excluding hydrogens is 227 g/mol. The molecule has 18 heavy (non-hydrogen) atoms. The Morgan fingerprint density at radius 2 is 1.94 bits per heavy atom. The van der Waals surface area contributed by atoms with Crippen molar-refractivity contribution in [2.45, 2.75) is 12.5 Å². The molecule has 1 aliphatic carbocycles. The Kier molecular flexibility index (Phi) is 2.73. The first-order chi connectivity index (χ1) is 8.75. The van der Waals surface area contributed by atoms with Crippen molar-refractivity contribution in [3.05, 3.63) is 65.5 Å². The molecule has 1 unspecified atom stereocenters. The van der Waals surface area contributed by atoms with E-state index >= 15 is 0 Å². The third-order valence-corrected chi connectivity index (χ3v) is 3.29. The highest BCUT2D eigenvalue weighted by atomic mass is 19.1. The van der Waals surface area contributed by atoms with Gasteiger partial charge in [0.2, 0.25) is 0 Å². The predicted molar refractivity (Wildman–Crippen MR) is 70.4 cm³/mol. The summed E-state index contributed by atoms with van der Waals surface area (Å²) in [4.78, 5) is 0. The van der Waals surface area contributed by atoms with Crippen molar-refractivity contribution in [2.75, 3.05) is 0 Å². The zero-order chi connectivity index (χ0) is 12.5. The van der Waals surface area contributed by atoms with Gasteiger partial charge in [0.15, 0.2) is 0 Å². The predicted octanol–water partition coefficient (Wildman–Crippen LogP) is 3.94. The van der Waals surface area contributed by atoms with Crippen molar-refractivity contribution in [2.24, 2.45) is 0 Å². The van der Waals surface area contributed by atoms with E-state index in [-0.39, 0.29) is 5.82 Å². The van der Waals surface area contributed by atoms with E-state index in [1.165, 1.54) is 6.07 Å². The van der Waals surface area contributed by atoms with Gasteiger partial charge in [-0.2, -0.15) is 0 Å². The number of halogens is 1. The van der Waals surface area contributed by atoms with Gasteiger partial charge < -0.3 is 5.11 Å². The van der Waals surface area contributed by atoms with Gasteiger partial charge in [-0.15, -0.1) is 0 Å². The van der Waals surface area contributed by atoms with E-state index in [9.17, 15) is 9.50 Å². The van der Waals surface area contributed by atoms with E-state index in [1.54, 1.807) is 12.1 Å². The smallest absolute Gasteiger partial charge is 0.131 e. The molecule has 2 aromatic carbocycles. The van der Waals surface area contributed by atoms with Gasteiger partial charge in [0.25, 0.3) is 0 Å². The molecule has 2 heteroatoms. The Morgan fingerprint density at radius 3 is 2.78 bits per heavy atom. The van der Waals surface area contributed by atoms with Gasteiger partial charge in [0.05, 0.1) is 6.10 Å². The lowest BCUT2D eigenvalue weighted by atomic mass is 9.91. The molecule has 0 saturated carbocycles. The van der Waals surface area contributed by atoms with Crippen LogP contribution in [0.25, 0.3) is 17.2 Å². The molecule has 3 rings (SSSR count). The third-order valence-electron chi connectivity index (χ3n) is 3.29. The van der Waals surface area contributed by atoms with E-state index in [2.05, 4.69) is 0 Å². The fourth-order valence-electron chi connectivity index (χ4n) is 2.33. The van der Waals surface area contributed by atoms with Crippen LogP contribution < -0.4 is 0 Å². The standard InChI is InChI=1S/C16H13FO/c17-15-6-2-1-5-13(15)12-9-8-11-4-3-7-16(18)14(11)10-12/h1-6,8-10,16,18H,7H2. The van der Waals surface area contributed by atoms with E-state index in [0.717, 1.165) is 16.7 Å². The second-order valence-electron chi connectivity index (χ2n) is 4.48. The van der Waals surface area contributed by atoms with Crippen molar-refractivity contribution >= 4 is 6.08 Å². The highest BCUT2D eigenvalue weighted by Gasteiger charge is 2.15. The van der Waals surface area contributed by atoms with Gasteiger partial charge in [0.1, 0.15) is 5.82 Å². The summed E-state index contributed by atoms with van der Waals surface area (Å²) < 4.78 is 13.7. The minimum atomic E-state index is -0.489. The molecule has 1 atom stereocenters. The highest BCUT2D eigenvalue weighted by molar-refractivity contribution is 5.69. The van der Waals surface area contributed by atoms with Gasteiger partial charge in [-0.1, -0.05) is 42.5 Å². The summed E-state index contributed by atoms with van der Waals surface area (Å²) in [6.07, 6.45) is 4.08. The maximum absolute atomic E-state index is 13.7. The summed E-state index contributed by atoms with van der Waals surface area (Å²) in [6.45, 7) is 0. The zero-order valence-corrected chi connectivity index (χ0v) is 9.81. The average Bonchev–Trinajstić information content (AvgIpc) is 2.40. The SMILES string of the molecule is OC1CC=Cc2ccc(-c3ccccc3F)cc21. The largest absolute Gasteiger partial charge is 0.388 e. The van der Waals surface area contributed by atoms with E-state index < -0.39 is 6.10 Å². The molecule has 2 aromatic rings. The summed E-state index contributed by atoms with van der Waals surface area (Å²) in [5.41, 5.74) is 3.26. The zero-order valence-electron chi connectivity index (χ0n) is 9.81. The first-order valence-electron chi connectivity index (χ1n) is 5.99. The first-order valence-corrected chi connectivity index (χ1v) is 5.99. The first kappa shape index (κ1) is 11.2. The lowest BCUT2D eigenvalue weighted by Gasteiger charge is -2.18. The molecule has 90 valence electrons. The fraction of sp³-hybridized carbons (Fsp3) is 0.125. The normalized spacial score (nSPS) is 17.6. The molecule has 0 bridgehead atoms. The molecule has 1 nitrogen and oxygen atoms in total. The monoisotopic (exact) mass is 240 g/mol. The van der Waals surface area contributed by atoms with Crippen LogP contribution in [-0.2, 0) is 0 Å². The molecule has 1 N–H and O–H groups in total. The molecular formula is C16H13FO. The topological polar surface area (TPSA) is 20.2 Å². The molecule has 0 spiro atoms. The number of rotatable bonds is 1. The lowest BCUT2D eigenvalue weighted by molar-refractivity contribution is 0.180. The third kappa shape index (κ3) is 1.85. The number of aliphatic hydroxyl groups excluding tert-OH is 1. The van der Waals surface area contributed by atoms with Gasteiger partial charge in [-0.3, -0.25) is 0 Å². The van der Waals surface area contributed by atoms with Crippen LogP contribution >= 0.6 is 0 Å². The van der Waals surface area contributed by atoms with E-state index in [1.807, 2.05) is 36.4 Å². The number of aliphatic hydroxyl groups is 1. The summed E-state index contributed by atoms with van der Waals surface area (Å²) in [5.74, 6) is -0.238. The van der Waals surface area contributed by atoms with Crippen LogP contribution in [0.4, 0.5) is 4.39 Å². The molecule has 0 aliphatic heterocycles. The Bertz CT molecular complexity index is 616. The van der Waals surface area contributed by atoms with E-state index in [0.29, 0.717) is 12.0 Å². The Balaban J connectivity index is 2.13. The van der Waals surface area contributed by atoms with Crippen molar-refractivity contribution in [3.8, 4) is 11.1 Å². The molecule has 0 fully saturated rings. The Labute approximate surface area is 105 Å². The summed E-state index contributed by atoms with van der Waals surface area (Å²) in [6, 6.07) is 12.4. The van der Waals surface area contributed by atoms with Crippen LogP contribution in [0.2, 0.25) is 0 Å². The van der Waals surface area contributed by atoms with Crippen molar-refractivity contribution < 1.29 is 9.50 Å². The van der Waals surface area contributed by atoms with Crippen LogP contribution in [0.15, 0.2) is 48.5 Å². The second kappa shape index (κ2) is 4.39. The molecule has 1 aliphatic rings. The van der Waals surface area contributed by atoms with Crippen LogP contribution in [0.3, 0.4) is 0 Å². The summed E-state index contributed by atoms with van der Waals surface area (Å²) >= 11 is 0. The minimum Gasteiger partial charge on any atom is -0.388 e. The van der Waals surface area contributed by atoms with Crippen LogP contribution in [0, 0.1) is 5.82 Å². The summed E-state index contributed by atoms with van der Waals surface area (Å²) in [5, 5.41) is 9.96.